The topological polar surface area (TPSA) is 49.8 Å². The second-order valence-corrected chi connectivity index (χ2v) is 6.08. The maximum absolute atomic E-state index is 12.9. The van der Waals surface area contributed by atoms with Gasteiger partial charge in [-0.3, -0.25) is 4.79 Å². The Morgan fingerprint density at radius 3 is 2.21 bits per heavy atom. The van der Waals surface area contributed by atoms with Crippen LogP contribution in [-0.2, 0) is 9.53 Å². The van der Waals surface area contributed by atoms with Gasteiger partial charge < -0.3 is 14.7 Å². The zero-order chi connectivity index (χ0) is 16.8. The van der Waals surface area contributed by atoms with Crippen LogP contribution in [0.15, 0.2) is 60.7 Å². The second kappa shape index (κ2) is 8.08. The van der Waals surface area contributed by atoms with E-state index >= 15 is 0 Å². The van der Waals surface area contributed by atoms with Gasteiger partial charge in [-0.2, -0.15) is 0 Å². The molecule has 1 aliphatic rings. The maximum Gasteiger partial charge on any atom is 0.224 e. The average Bonchev–Trinajstić information content (AvgIpc) is 2.67. The van der Waals surface area contributed by atoms with Crippen molar-refractivity contribution < 1.29 is 14.6 Å². The van der Waals surface area contributed by atoms with Gasteiger partial charge >= 0.3 is 0 Å². The summed E-state index contributed by atoms with van der Waals surface area (Å²) in [6.45, 7) is 1.42. The van der Waals surface area contributed by atoms with Crippen molar-refractivity contribution in [3.05, 3.63) is 71.8 Å². The van der Waals surface area contributed by atoms with Crippen molar-refractivity contribution in [3.8, 4) is 0 Å². The molecule has 2 aromatic carbocycles. The minimum atomic E-state index is -0.238. The van der Waals surface area contributed by atoms with Crippen molar-refractivity contribution in [2.24, 2.45) is 0 Å². The lowest BCUT2D eigenvalue weighted by Gasteiger charge is -2.35. The highest BCUT2D eigenvalue weighted by molar-refractivity contribution is 5.78. The Bertz CT molecular complexity index is 605. The van der Waals surface area contributed by atoms with E-state index in [1.54, 1.807) is 4.90 Å². The molecule has 4 nitrogen and oxygen atoms in total. The number of morpholine rings is 1. The average molecular weight is 325 g/mol. The molecule has 4 heteroatoms. The first-order chi connectivity index (χ1) is 11.8. The van der Waals surface area contributed by atoms with Crippen molar-refractivity contribution in [1.29, 1.82) is 0 Å². The molecule has 2 aromatic rings. The van der Waals surface area contributed by atoms with Crippen LogP contribution in [0.3, 0.4) is 0 Å². The number of hydrogen-bond acceptors (Lipinski definition) is 3. The normalized spacial score (nSPS) is 17.9. The molecule has 1 amide bonds. The predicted octanol–water partition coefficient (Wildman–Crippen LogP) is 2.43. The number of hydrogen-bond donors (Lipinski definition) is 1. The number of benzene rings is 2. The molecule has 1 N–H and O–H groups in total. The molecule has 0 spiro atoms. The molecule has 3 rings (SSSR count). The fourth-order valence-electron chi connectivity index (χ4n) is 3.23. The summed E-state index contributed by atoms with van der Waals surface area (Å²) in [4.78, 5) is 14.6. The Labute approximate surface area is 142 Å². The number of rotatable bonds is 5. The Morgan fingerprint density at radius 1 is 1.08 bits per heavy atom. The standard InChI is InChI=1S/C20H23NO3/c22-14-18-15-24-12-11-21(18)20(23)13-19(16-7-3-1-4-8-16)17-9-5-2-6-10-17/h1-10,18-19,22H,11-15H2/t18-/m1/s1. The van der Waals surface area contributed by atoms with Gasteiger partial charge in [0, 0.05) is 18.9 Å². The van der Waals surface area contributed by atoms with Crippen LogP contribution in [0.2, 0.25) is 0 Å². The van der Waals surface area contributed by atoms with Crippen LogP contribution in [0.1, 0.15) is 23.5 Å². The second-order valence-electron chi connectivity index (χ2n) is 6.08. The van der Waals surface area contributed by atoms with Gasteiger partial charge in [-0.1, -0.05) is 60.7 Å². The number of carbonyl (C=O) groups excluding carboxylic acids is 1. The first kappa shape index (κ1) is 16.7. The summed E-state index contributed by atoms with van der Waals surface area (Å²) in [7, 11) is 0. The number of aliphatic hydroxyl groups is 1. The molecule has 1 fully saturated rings. The summed E-state index contributed by atoms with van der Waals surface area (Å²) in [5, 5.41) is 9.50. The highest BCUT2D eigenvalue weighted by Crippen LogP contribution is 2.29. The third-order valence-corrected chi connectivity index (χ3v) is 4.54. The quantitative estimate of drug-likeness (QED) is 0.918. The summed E-state index contributed by atoms with van der Waals surface area (Å²) in [5.41, 5.74) is 2.26. The highest BCUT2D eigenvalue weighted by atomic mass is 16.5. The molecular weight excluding hydrogens is 302 g/mol. The largest absolute Gasteiger partial charge is 0.394 e. The molecule has 0 bridgehead atoms. The molecule has 0 unspecified atom stereocenters. The Hall–Kier alpha value is -2.17. The molecular formula is C20H23NO3. The smallest absolute Gasteiger partial charge is 0.224 e. The van der Waals surface area contributed by atoms with E-state index in [-0.39, 0.29) is 24.5 Å². The number of amides is 1. The van der Waals surface area contributed by atoms with Crippen LogP contribution in [0.25, 0.3) is 0 Å². The highest BCUT2D eigenvalue weighted by Gasteiger charge is 2.29. The van der Waals surface area contributed by atoms with Gasteiger partial charge in [0.25, 0.3) is 0 Å². The number of aliphatic hydroxyl groups excluding tert-OH is 1. The first-order valence-corrected chi connectivity index (χ1v) is 8.37. The predicted molar refractivity (Wildman–Crippen MR) is 92.7 cm³/mol. The van der Waals surface area contributed by atoms with Gasteiger partial charge in [0.15, 0.2) is 0 Å². The van der Waals surface area contributed by atoms with Crippen molar-refractivity contribution in [2.45, 2.75) is 18.4 Å². The maximum atomic E-state index is 12.9. The van der Waals surface area contributed by atoms with Crippen molar-refractivity contribution >= 4 is 5.91 Å². The molecule has 0 saturated carbocycles. The lowest BCUT2D eigenvalue weighted by molar-refractivity contribution is -0.141. The van der Waals surface area contributed by atoms with E-state index < -0.39 is 0 Å². The van der Waals surface area contributed by atoms with Crippen molar-refractivity contribution in [2.75, 3.05) is 26.4 Å². The third kappa shape index (κ3) is 3.83. The fourth-order valence-corrected chi connectivity index (χ4v) is 3.23. The van der Waals surface area contributed by atoms with Crippen LogP contribution in [0, 0.1) is 0 Å². The summed E-state index contributed by atoms with van der Waals surface area (Å²) >= 11 is 0. The minimum absolute atomic E-state index is 0.0158. The van der Waals surface area contributed by atoms with Crippen LogP contribution < -0.4 is 0 Å². The molecule has 1 heterocycles. The van der Waals surface area contributed by atoms with E-state index in [1.165, 1.54) is 0 Å². The lowest BCUT2D eigenvalue weighted by Crippen LogP contribution is -2.50. The van der Waals surface area contributed by atoms with Gasteiger partial charge in [0.1, 0.15) is 0 Å². The number of carbonyl (C=O) groups is 1. The molecule has 24 heavy (non-hydrogen) atoms. The molecule has 1 saturated heterocycles. The van der Waals surface area contributed by atoms with E-state index in [0.717, 1.165) is 11.1 Å². The summed E-state index contributed by atoms with van der Waals surface area (Å²) in [6, 6.07) is 20.0. The lowest BCUT2D eigenvalue weighted by atomic mass is 9.88. The van der Waals surface area contributed by atoms with E-state index in [9.17, 15) is 9.90 Å². The zero-order valence-corrected chi connectivity index (χ0v) is 13.7. The Kier molecular flexibility index (Phi) is 5.62. The van der Waals surface area contributed by atoms with Gasteiger partial charge in [0.05, 0.1) is 25.9 Å². The summed E-state index contributed by atoms with van der Waals surface area (Å²) < 4.78 is 5.37. The third-order valence-electron chi connectivity index (χ3n) is 4.54. The minimum Gasteiger partial charge on any atom is -0.394 e. The molecule has 126 valence electrons. The van der Waals surface area contributed by atoms with Crippen LogP contribution in [-0.4, -0.2) is 48.3 Å². The van der Waals surface area contributed by atoms with E-state index in [0.29, 0.717) is 26.2 Å². The zero-order valence-electron chi connectivity index (χ0n) is 13.7. The van der Waals surface area contributed by atoms with Gasteiger partial charge in [0.2, 0.25) is 5.91 Å². The number of ether oxygens (including phenoxy) is 1. The SMILES string of the molecule is O=C(CC(c1ccccc1)c1ccccc1)N1CCOC[C@H]1CO. The Morgan fingerprint density at radius 2 is 1.67 bits per heavy atom. The Balaban J connectivity index is 1.83. The molecule has 0 radical (unpaired) electrons. The molecule has 0 aliphatic carbocycles. The van der Waals surface area contributed by atoms with Gasteiger partial charge in [-0.05, 0) is 11.1 Å². The van der Waals surface area contributed by atoms with Crippen LogP contribution >= 0.6 is 0 Å². The van der Waals surface area contributed by atoms with Crippen LogP contribution in [0.4, 0.5) is 0 Å². The van der Waals surface area contributed by atoms with Gasteiger partial charge in [-0.15, -0.1) is 0 Å². The fraction of sp³-hybridized carbons (Fsp3) is 0.350. The van der Waals surface area contributed by atoms with Crippen molar-refractivity contribution in [1.82, 2.24) is 4.90 Å². The molecule has 1 atom stereocenters. The number of nitrogens with zero attached hydrogens (tertiary/aromatic N) is 1. The molecule has 1 aliphatic heterocycles. The van der Waals surface area contributed by atoms with Gasteiger partial charge in [-0.25, -0.2) is 0 Å². The molecule has 0 aromatic heterocycles. The summed E-state index contributed by atoms with van der Waals surface area (Å²) in [6.07, 6.45) is 0.393. The van der Waals surface area contributed by atoms with E-state index in [4.69, 9.17) is 4.74 Å². The summed E-state index contributed by atoms with van der Waals surface area (Å²) in [5.74, 6) is 0.0807. The van der Waals surface area contributed by atoms with E-state index in [1.807, 2.05) is 36.4 Å². The van der Waals surface area contributed by atoms with E-state index in [2.05, 4.69) is 24.3 Å². The monoisotopic (exact) mass is 325 g/mol. The van der Waals surface area contributed by atoms with Crippen LogP contribution in [0.5, 0.6) is 0 Å². The first-order valence-electron chi connectivity index (χ1n) is 8.37. The van der Waals surface area contributed by atoms with Crippen molar-refractivity contribution in [3.63, 3.8) is 0 Å².